The first-order valence-corrected chi connectivity index (χ1v) is 17.4. The molecule has 210 valence electrons. The highest BCUT2D eigenvalue weighted by Gasteiger charge is 2.30. The predicted octanol–water partition coefficient (Wildman–Crippen LogP) is 8.36. The Hall–Kier alpha value is -4.74. The third-order valence-corrected chi connectivity index (χ3v) is 13.0. The fraction of sp³-hybridized carbons (Fsp3) is 0. The topological polar surface area (TPSA) is 26.3 Å². The van der Waals surface area contributed by atoms with Crippen LogP contribution in [0.1, 0.15) is 0 Å². The standard InChI is InChI=1S/C40H28O2P2/c1-5-13-31(14-6-1)43(32-15-7-2-8-16-32)35-23-21-29-25-27-41-39(29)37(35)38-36(24-22-30-26-28-42-40(30)38)44(33-17-9-3-10-18-33)34-19-11-4-12-20-34/h1-28H. The van der Waals surface area contributed by atoms with Gasteiger partial charge >= 0.3 is 0 Å². The smallest absolute Gasteiger partial charge is 0.142 e. The Bertz CT molecular complexity index is 1930. The molecule has 2 nitrogen and oxygen atoms in total. The average molecular weight is 603 g/mol. The molecule has 0 amide bonds. The maximum Gasteiger partial charge on any atom is 0.142 e. The molecule has 0 atom stereocenters. The van der Waals surface area contributed by atoms with Gasteiger partial charge in [-0.05, 0) is 59.8 Å². The molecule has 44 heavy (non-hydrogen) atoms. The zero-order valence-corrected chi connectivity index (χ0v) is 25.7. The van der Waals surface area contributed by atoms with Crippen LogP contribution in [0.25, 0.3) is 33.1 Å². The van der Waals surface area contributed by atoms with E-state index in [1.807, 2.05) is 12.5 Å². The largest absolute Gasteiger partial charge is 0.464 e. The van der Waals surface area contributed by atoms with Crippen LogP contribution in [0.3, 0.4) is 0 Å². The van der Waals surface area contributed by atoms with Crippen LogP contribution in [0.4, 0.5) is 0 Å². The van der Waals surface area contributed by atoms with E-state index in [1.165, 1.54) is 31.8 Å². The Morgan fingerprint density at radius 3 is 0.955 bits per heavy atom. The molecule has 8 aromatic rings. The van der Waals surface area contributed by atoms with Crippen LogP contribution in [-0.4, -0.2) is 0 Å². The summed E-state index contributed by atoms with van der Waals surface area (Å²) in [7, 11) is -1.84. The van der Waals surface area contributed by atoms with Crippen molar-refractivity contribution >= 4 is 69.6 Å². The summed E-state index contributed by atoms with van der Waals surface area (Å²) in [5.41, 5.74) is 4.01. The van der Waals surface area contributed by atoms with E-state index in [-0.39, 0.29) is 0 Å². The Balaban J connectivity index is 1.50. The second-order valence-electron chi connectivity index (χ2n) is 10.6. The number of rotatable bonds is 7. The molecule has 0 saturated carbocycles. The van der Waals surface area contributed by atoms with Crippen molar-refractivity contribution in [3.05, 3.63) is 170 Å². The lowest BCUT2D eigenvalue weighted by Gasteiger charge is -2.26. The Morgan fingerprint density at radius 2 is 0.636 bits per heavy atom. The van der Waals surface area contributed by atoms with Crippen molar-refractivity contribution in [2.24, 2.45) is 0 Å². The fourth-order valence-corrected chi connectivity index (χ4v) is 11.0. The summed E-state index contributed by atoms with van der Waals surface area (Å²) in [6, 6.07) is 56.7. The summed E-state index contributed by atoms with van der Waals surface area (Å²) in [6.07, 6.45) is 3.62. The number of fused-ring (bicyclic) bond motifs is 2. The second kappa shape index (κ2) is 11.7. The van der Waals surface area contributed by atoms with Gasteiger partial charge < -0.3 is 8.83 Å². The van der Waals surface area contributed by atoms with Crippen LogP contribution in [0.2, 0.25) is 0 Å². The van der Waals surface area contributed by atoms with E-state index < -0.39 is 15.8 Å². The minimum Gasteiger partial charge on any atom is -0.464 e. The molecular weight excluding hydrogens is 574 g/mol. The van der Waals surface area contributed by atoms with Gasteiger partial charge in [0.2, 0.25) is 0 Å². The number of furan rings is 2. The van der Waals surface area contributed by atoms with Gasteiger partial charge in [0.05, 0.1) is 12.5 Å². The maximum atomic E-state index is 6.41. The van der Waals surface area contributed by atoms with Crippen LogP contribution >= 0.6 is 15.8 Å². The molecule has 0 aliphatic rings. The first-order chi connectivity index (χ1) is 21.9. The molecule has 0 N–H and O–H groups in total. The molecule has 0 saturated heterocycles. The fourth-order valence-electron chi connectivity index (χ4n) is 6.06. The maximum absolute atomic E-state index is 6.41. The van der Waals surface area contributed by atoms with Crippen molar-refractivity contribution in [3.8, 4) is 11.1 Å². The van der Waals surface area contributed by atoms with Gasteiger partial charge in [0.15, 0.2) is 0 Å². The Labute approximate surface area is 259 Å². The van der Waals surface area contributed by atoms with E-state index >= 15 is 0 Å². The van der Waals surface area contributed by atoms with E-state index in [1.54, 1.807) is 0 Å². The molecule has 2 heterocycles. The Morgan fingerprint density at radius 1 is 0.318 bits per heavy atom. The van der Waals surface area contributed by atoms with Gasteiger partial charge in [0.25, 0.3) is 0 Å². The van der Waals surface area contributed by atoms with Gasteiger partial charge in [0, 0.05) is 21.9 Å². The minimum absolute atomic E-state index is 0.892. The van der Waals surface area contributed by atoms with Gasteiger partial charge in [-0.3, -0.25) is 0 Å². The lowest BCUT2D eigenvalue weighted by Crippen LogP contribution is -2.26. The highest BCUT2D eigenvalue weighted by Crippen LogP contribution is 2.45. The summed E-state index contributed by atoms with van der Waals surface area (Å²) in [4.78, 5) is 0. The molecular formula is C40H28O2P2. The van der Waals surface area contributed by atoms with Crippen molar-refractivity contribution in [3.63, 3.8) is 0 Å². The van der Waals surface area contributed by atoms with E-state index in [9.17, 15) is 0 Å². The predicted molar refractivity (Wildman–Crippen MR) is 189 cm³/mol. The van der Waals surface area contributed by atoms with Crippen molar-refractivity contribution in [2.45, 2.75) is 0 Å². The SMILES string of the molecule is c1ccc(P(c2ccccc2)c2ccc3ccoc3c2-c2c(P(c3ccccc3)c3ccccc3)ccc3ccoc23)cc1. The van der Waals surface area contributed by atoms with Crippen molar-refractivity contribution in [1.82, 2.24) is 0 Å². The lowest BCUT2D eigenvalue weighted by atomic mass is 10.0. The van der Waals surface area contributed by atoms with Crippen molar-refractivity contribution < 1.29 is 8.83 Å². The second-order valence-corrected chi connectivity index (χ2v) is 15.0. The quantitative estimate of drug-likeness (QED) is 0.171. The molecule has 0 bridgehead atoms. The summed E-state index contributed by atoms with van der Waals surface area (Å²) in [6.45, 7) is 0. The number of benzene rings is 6. The molecule has 4 heteroatoms. The van der Waals surface area contributed by atoms with E-state index in [0.29, 0.717) is 0 Å². The summed E-state index contributed by atoms with van der Waals surface area (Å²) >= 11 is 0. The van der Waals surface area contributed by atoms with E-state index in [4.69, 9.17) is 8.83 Å². The van der Waals surface area contributed by atoms with Gasteiger partial charge in [-0.1, -0.05) is 146 Å². The minimum atomic E-state index is -0.920. The highest BCUT2D eigenvalue weighted by atomic mass is 31.1. The summed E-state index contributed by atoms with van der Waals surface area (Å²) in [5.74, 6) is 0. The first-order valence-electron chi connectivity index (χ1n) is 14.7. The van der Waals surface area contributed by atoms with Crippen molar-refractivity contribution in [1.29, 1.82) is 0 Å². The Kier molecular flexibility index (Phi) is 7.17. The monoisotopic (exact) mass is 602 g/mol. The van der Waals surface area contributed by atoms with Crippen molar-refractivity contribution in [2.75, 3.05) is 0 Å². The van der Waals surface area contributed by atoms with Crippen LogP contribution in [-0.2, 0) is 0 Å². The highest BCUT2D eigenvalue weighted by molar-refractivity contribution is 7.80. The molecule has 0 unspecified atom stereocenters. The number of hydrogen-bond donors (Lipinski definition) is 0. The van der Waals surface area contributed by atoms with Gasteiger partial charge in [-0.25, -0.2) is 0 Å². The molecule has 0 fully saturated rings. The average Bonchev–Trinajstić information content (AvgIpc) is 3.77. The molecule has 0 aliphatic carbocycles. The first kappa shape index (κ1) is 26.9. The normalized spacial score (nSPS) is 11.6. The van der Waals surface area contributed by atoms with Gasteiger partial charge in [-0.2, -0.15) is 0 Å². The van der Waals surface area contributed by atoms with Crippen LogP contribution in [0.5, 0.6) is 0 Å². The van der Waals surface area contributed by atoms with Crippen LogP contribution in [0, 0.1) is 0 Å². The molecule has 0 aliphatic heterocycles. The summed E-state index contributed by atoms with van der Waals surface area (Å²) < 4.78 is 12.8. The van der Waals surface area contributed by atoms with E-state index in [0.717, 1.165) is 33.1 Å². The van der Waals surface area contributed by atoms with Gasteiger partial charge in [-0.15, -0.1) is 0 Å². The molecule has 2 aromatic heterocycles. The molecule has 0 spiro atoms. The van der Waals surface area contributed by atoms with Crippen LogP contribution in [0.15, 0.2) is 179 Å². The molecule has 0 radical (unpaired) electrons. The van der Waals surface area contributed by atoms with Gasteiger partial charge in [0.1, 0.15) is 11.2 Å². The summed E-state index contributed by atoms with van der Waals surface area (Å²) in [5, 5.41) is 9.84. The van der Waals surface area contributed by atoms with Crippen LogP contribution < -0.4 is 31.8 Å². The molecule has 8 rings (SSSR count). The third-order valence-electron chi connectivity index (χ3n) is 7.99. The molecule has 6 aromatic carbocycles. The lowest BCUT2D eigenvalue weighted by molar-refractivity contribution is 0.613. The zero-order chi connectivity index (χ0) is 29.3. The third kappa shape index (κ3) is 4.78. The van der Waals surface area contributed by atoms with E-state index in [2.05, 4.69) is 158 Å². The zero-order valence-electron chi connectivity index (χ0n) is 23.9. The number of hydrogen-bond acceptors (Lipinski definition) is 2.